The van der Waals surface area contributed by atoms with Crippen molar-refractivity contribution < 1.29 is 14.6 Å². The van der Waals surface area contributed by atoms with E-state index in [1.165, 1.54) is 18.5 Å². The highest BCUT2D eigenvalue weighted by Gasteiger charge is 2.27. The molecule has 0 radical (unpaired) electrons. The number of aromatic nitrogens is 1. The molecule has 1 aromatic heterocycles. The molecular weight excluding hydrogens is 396 g/mol. The molecule has 0 amide bonds. The van der Waals surface area contributed by atoms with E-state index in [0.717, 1.165) is 29.5 Å². The maximum absolute atomic E-state index is 12.5. The summed E-state index contributed by atoms with van der Waals surface area (Å²) in [5.74, 6) is -0.655. The third-order valence-corrected chi connectivity index (χ3v) is 5.69. The number of carboxylic acid groups (broad SMARTS) is 1. The van der Waals surface area contributed by atoms with Crippen LogP contribution in [-0.4, -0.2) is 41.2 Å². The summed E-state index contributed by atoms with van der Waals surface area (Å²) in [5, 5.41) is 22.6. The van der Waals surface area contributed by atoms with Crippen molar-refractivity contribution in [2.45, 2.75) is 45.3 Å². The van der Waals surface area contributed by atoms with Gasteiger partial charge in [-0.3, -0.25) is 9.47 Å². The fourth-order valence-corrected chi connectivity index (χ4v) is 3.82. The predicted molar refractivity (Wildman–Crippen MR) is 120 cm³/mol. The first-order chi connectivity index (χ1) is 14.8. The van der Waals surface area contributed by atoms with Gasteiger partial charge in [0.15, 0.2) is 5.43 Å². The van der Waals surface area contributed by atoms with Gasteiger partial charge in [0.05, 0.1) is 19.3 Å². The van der Waals surface area contributed by atoms with Crippen LogP contribution in [0.2, 0.25) is 0 Å². The summed E-state index contributed by atoms with van der Waals surface area (Å²) < 4.78 is 7.38. The zero-order chi connectivity index (χ0) is 22.3. The fourth-order valence-electron chi connectivity index (χ4n) is 3.82. The van der Waals surface area contributed by atoms with Crippen LogP contribution >= 0.6 is 0 Å². The number of hydrogen-bond donors (Lipinski definition) is 3. The van der Waals surface area contributed by atoms with Crippen LogP contribution in [0.4, 0.5) is 0 Å². The molecule has 8 nitrogen and oxygen atoms in total. The normalized spacial score (nSPS) is 15.4. The zero-order valence-electron chi connectivity index (χ0n) is 17.8. The van der Waals surface area contributed by atoms with Crippen LogP contribution in [0.3, 0.4) is 0 Å². The summed E-state index contributed by atoms with van der Waals surface area (Å²) in [7, 11) is 1.57. The highest BCUT2D eigenvalue weighted by molar-refractivity contribution is 6.09. The van der Waals surface area contributed by atoms with E-state index < -0.39 is 11.4 Å². The van der Waals surface area contributed by atoms with Crippen molar-refractivity contribution >= 4 is 17.8 Å². The molecule has 2 aromatic rings. The number of nitrogens with zero attached hydrogens (tertiary/aromatic N) is 2. The van der Waals surface area contributed by atoms with E-state index >= 15 is 0 Å². The van der Waals surface area contributed by atoms with Crippen molar-refractivity contribution in [3.05, 3.63) is 57.5 Å². The number of nitrogens with one attached hydrogen (secondary N) is 2. The van der Waals surface area contributed by atoms with Gasteiger partial charge in [-0.25, -0.2) is 4.79 Å². The molecule has 0 bridgehead atoms. The van der Waals surface area contributed by atoms with Crippen LogP contribution in [0.5, 0.6) is 5.75 Å². The van der Waals surface area contributed by atoms with Gasteiger partial charge in [0.25, 0.3) is 0 Å². The van der Waals surface area contributed by atoms with Gasteiger partial charge in [-0.2, -0.15) is 0 Å². The molecule has 2 heterocycles. The molecule has 1 saturated carbocycles. The average molecular weight is 422 g/mol. The van der Waals surface area contributed by atoms with Gasteiger partial charge < -0.3 is 25.6 Å². The fraction of sp³-hybridized carbons (Fsp3) is 0.348. The van der Waals surface area contributed by atoms with Gasteiger partial charge >= 0.3 is 5.97 Å². The minimum atomic E-state index is -1.24. The Balaban J connectivity index is 1.90. The number of fused-ring (bicyclic) bond motifs is 3. The van der Waals surface area contributed by atoms with Crippen molar-refractivity contribution in [2.75, 3.05) is 12.1 Å². The Bertz CT molecular complexity index is 1140. The van der Waals surface area contributed by atoms with Crippen LogP contribution in [0.15, 0.2) is 35.4 Å². The van der Waals surface area contributed by atoms with Crippen LogP contribution in [0, 0.1) is 5.41 Å². The van der Waals surface area contributed by atoms with Gasteiger partial charge in [0.2, 0.25) is 0 Å². The monoisotopic (exact) mass is 422 g/mol. The molecule has 0 spiro atoms. The molecule has 8 heteroatoms. The van der Waals surface area contributed by atoms with Gasteiger partial charge in [0.1, 0.15) is 11.3 Å². The topological polar surface area (TPSA) is 108 Å². The first kappa shape index (κ1) is 20.7. The molecule has 1 aromatic carbocycles. The molecule has 0 atom stereocenters. The minimum Gasteiger partial charge on any atom is -0.496 e. The lowest BCUT2D eigenvalue weighted by atomic mass is 9.94. The van der Waals surface area contributed by atoms with Crippen molar-refractivity contribution in [1.29, 1.82) is 5.41 Å². The molecule has 162 valence electrons. The Morgan fingerprint density at radius 2 is 2.03 bits per heavy atom. The standard InChI is InChI=1S/C23H26N4O4/c1-13(2)26-11-14-6-18(15(9-24)10-25-16-4-5-16)22(31-3)7-17(14)20-8-21(28)19(23(29)30)12-27(20)26/h6-10,12-13,16,24-25H,4-5,11H2,1-3H3,(H,29,30)/b15-10+,24-9?. The quantitative estimate of drug-likeness (QED) is 0.592. The molecule has 31 heavy (non-hydrogen) atoms. The number of benzene rings is 1. The summed E-state index contributed by atoms with van der Waals surface area (Å²) in [5.41, 5.74) is 3.12. The number of carboxylic acids is 1. The number of methoxy groups -OCH3 is 1. The molecular formula is C23H26N4O4. The molecule has 1 fully saturated rings. The number of carbonyl (C=O) groups is 1. The lowest BCUT2D eigenvalue weighted by Gasteiger charge is -2.38. The third-order valence-electron chi connectivity index (χ3n) is 5.69. The Morgan fingerprint density at radius 3 is 2.61 bits per heavy atom. The Hall–Kier alpha value is -3.55. The number of aromatic carboxylic acids is 1. The molecule has 0 saturated heterocycles. The van der Waals surface area contributed by atoms with Gasteiger partial charge in [0, 0.05) is 53.5 Å². The summed E-state index contributed by atoms with van der Waals surface area (Å²) >= 11 is 0. The van der Waals surface area contributed by atoms with Gasteiger partial charge in [-0.1, -0.05) is 0 Å². The SMILES string of the molecule is COc1cc2c(cc1/C(C=N)=C/NC1CC1)CN(C(C)C)n1cc(C(=O)O)c(=O)cc1-2. The second kappa shape index (κ2) is 7.94. The summed E-state index contributed by atoms with van der Waals surface area (Å²) in [6.45, 7) is 4.56. The smallest absolute Gasteiger partial charge is 0.341 e. The second-order valence-electron chi connectivity index (χ2n) is 8.17. The summed E-state index contributed by atoms with van der Waals surface area (Å²) in [4.78, 5) is 24.0. The Labute approximate surface area is 180 Å². The van der Waals surface area contributed by atoms with E-state index in [9.17, 15) is 14.7 Å². The maximum atomic E-state index is 12.5. The van der Waals surface area contributed by atoms with Gasteiger partial charge in [-0.05, 0) is 44.4 Å². The molecule has 1 aliphatic heterocycles. The molecule has 2 aliphatic rings. The predicted octanol–water partition coefficient (Wildman–Crippen LogP) is 2.82. The Morgan fingerprint density at radius 1 is 1.29 bits per heavy atom. The number of rotatable bonds is 7. The number of ether oxygens (including phenoxy) is 1. The zero-order valence-corrected chi connectivity index (χ0v) is 17.8. The van der Waals surface area contributed by atoms with E-state index in [4.69, 9.17) is 10.1 Å². The summed E-state index contributed by atoms with van der Waals surface area (Å²) in [6.07, 6.45) is 6.83. The highest BCUT2D eigenvalue weighted by Crippen LogP contribution is 2.37. The average Bonchev–Trinajstić information content (AvgIpc) is 3.56. The lowest BCUT2D eigenvalue weighted by Crippen LogP contribution is -2.44. The largest absolute Gasteiger partial charge is 0.496 e. The number of hydrogen-bond acceptors (Lipinski definition) is 6. The van der Waals surface area contributed by atoms with Crippen LogP contribution < -0.4 is 20.5 Å². The highest BCUT2D eigenvalue weighted by atomic mass is 16.5. The molecule has 3 N–H and O–H groups in total. The second-order valence-corrected chi connectivity index (χ2v) is 8.17. The van der Waals surface area contributed by atoms with Crippen molar-refractivity contribution in [1.82, 2.24) is 9.99 Å². The van der Waals surface area contributed by atoms with Crippen molar-refractivity contribution in [3.8, 4) is 17.0 Å². The first-order valence-corrected chi connectivity index (χ1v) is 10.3. The van der Waals surface area contributed by atoms with E-state index in [2.05, 4.69) is 5.32 Å². The van der Waals surface area contributed by atoms with E-state index in [1.807, 2.05) is 37.2 Å². The lowest BCUT2D eigenvalue weighted by molar-refractivity contribution is 0.0694. The third kappa shape index (κ3) is 3.81. The Kier molecular flexibility index (Phi) is 5.31. The minimum absolute atomic E-state index is 0.0656. The summed E-state index contributed by atoms with van der Waals surface area (Å²) in [6, 6.07) is 5.77. The van der Waals surface area contributed by atoms with Crippen LogP contribution in [-0.2, 0) is 6.54 Å². The van der Waals surface area contributed by atoms with E-state index in [0.29, 0.717) is 29.6 Å². The van der Waals surface area contributed by atoms with Crippen LogP contribution in [0.1, 0.15) is 48.2 Å². The van der Waals surface area contributed by atoms with E-state index in [1.54, 1.807) is 11.8 Å². The van der Waals surface area contributed by atoms with Crippen molar-refractivity contribution in [2.24, 2.45) is 0 Å². The van der Waals surface area contributed by atoms with Gasteiger partial charge in [-0.15, -0.1) is 0 Å². The molecule has 1 aliphatic carbocycles. The maximum Gasteiger partial charge on any atom is 0.341 e. The number of pyridine rings is 1. The van der Waals surface area contributed by atoms with Crippen LogP contribution in [0.25, 0.3) is 16.8 Å². The van der Waals surface area contributed by atoms with Crippen molar-refractivity contribution in [3.63, 3.8) is 0 Å². The first-order valence-electron chi connectivity index (χ1n) is 10.3. The molecule has 0 unspecified atom stereocenters. The van der Waals surface area contributed by atoms with E-state index in [-0.39, 0.29) is 11.6 Å². The molecule has 4 rings (SSSR count). The number of allylic oxidation sites excluding steroid dienone is 1.